The second-order valence-corrected chi connectivity index (χ2v) is 6.77. The molecular formula is C18H23F2IN4O3S. The van der Waals surface area contributed by atoms with Crippen LogP contribution in [0.15, 0.2) is 22.5 Å². The number of rotatable bonds is 8. The van der Waals surface area contributed by atoms with Crippen LogP contribution in [0.4, 0.5) is 8.78 Å². The summed E-state index contributed by atoms with van der Waals surface area (Å²) in [6.45, 7) is 2.42. The number of thiazole rings is 1. The number of halogens is 3. The van der Waals surface area contributed by atoms with Gasteiger partial charge in [0.05, 0.1) is 23.8 Å². The summed E-state index contributed by atoms with van der Waals surface area (Å²) in [5.74, 6) is 1.43. The third-order valence-electron chi connectivity index (χ3n) is 3.86. The maximum atomic E-state index is 12.8. The van der Waals surface area contributed by atoms with Crippen LogP contribution in [-0.4, -0.2) is 30.9 Å². The van der Waals surface area contributed by atoms with Crippen molar-refractivity contribution in [2.45, 2.75) is 40.0 Å². The zero-order valence-corrected chi connectivity index (χ0v) is 19.2. The number of aromatic nitrogens is 1. The monoisotopic (exact) mass is 540 g/mol. The van der Waals surface area contributed by atoms with Crippen LogP contribution in [0.1, 0.15) is 30.1 Å². The van der Waals surface area contributed by atoms with Gasteiger partial charge in [-0.25, -0.2) is 9.98 Å². The average Bonchev–Trinajstić information content (AvgIpc) is 3.32. The predicted octanol–water partition coefficient (Wildman–Crippen LogP) is 3.91. The van der Waals surface area contributed by atoms with Crippen LogP contribution in [0.25, 0.3) is 0 Å². The van der Waals surface area contributed by atoms with E-state index in [4.69, 9.17) is 9.47 Å². The molecule has 0 saturated carbocycles. The molecule has 7 nitrogen and oxygen atoms in total. The van der Waals surface area contributed by atoms with E-state index < -0.39 is 6.61 Å². The molecule has 0 saturated heterocycles. The number of hydrogen-bond donors (Lipinski definition) is 2. The molecule has 11 heteroatoms. The second-order valence-electron chi connectivity index (χ2n) is 5.83. The van der Waals surface area contributed by atoms with Gasteiger partial charge in [0.15, 0.2) is 17.5 Å². The van der Waals surface area contributed by atoms with Crippen LogP contribution in [0.2, 0.25) is 0 Å². The number of hydrogen-bond acceptors (Lipinski definition) is 6. The number of aliphatic imine (C=N–C) groups is 1. The third kappa shape index (κ3) is 6.56. The zero-order chi connectivity index (χ0) is 19.9. The van der Waals surface area contributed by atoms with Crippen molar-refractivity contribution in [2.75, 3.05) is 13.3 Å². The lowest BCUT2D eigenvalue weighted by Gasteiger charge is -2.13. The SMILES string of the molecule is CCNC(=NCc1cc2c(cc1OC(F)F)OCO2)NCc1csc(CC)n1.I. The number of benzene rings is 1. The summed E-state index contributed by atoms with van der Waals surface area (Å²) in [4.78, 5) is 8.97. The molecule has 1 aliphatic rings. The van der Waals surface area contributed by atoms with Gasteiger partial charge >= 0.3 is 6.61 Å². The number of fused-ring (bicyclic) bond motifs is 1. The van der Waals surface area contributed by atoms with Gasteiger partial charge in [-0.2, -0.15) is 8.78 Å². The smallest absolute Gasteiger partial charge is 0.387 e. The molecule has 0 amide bonds. The molecule has 29 heavy (non-hydrogen) atoms. The van der Waals surface area contributed by atoms with Crippen molar-refractivity contribution in [2.24, 2.45) is 4.99 Å². The van der Waals surface area contributed by atoms with Crippen molar-refractivity contribution < 1.29 is 23.0 Å². The van der Waals surface area contributed by atoms with E-state index in [1.54, 1.807) is 17.4 Å². The fraction of sp³-hybridized carbons (Fsp3) is 0.444. The van der Waals surface area contributed by atoms with Crippen LogP contribution in [-0.2, 0) is 19.5 Å². The largest absolute Gasteiger partial charge is 0.454 e. The van der Waals surface area contributed by atoms with Gasteiger partial charge in [-0.05, 0) is 19.4 Å². The van der Waals surface area contributed by atoms with Gasteiger partial charge in [-0.3, -0.25) is 0 Å². The molecule has 1 aromatic heterocycles. The zero-order valence-electron chi connectivity index (χ0n) is 16.0. The molecule has 2 heterocycles. The Balaban J connectivity index is 0.00000300. The highest BCUT2D eigenvalue weighted by Crippen LogP contribution is 2.39. The quantitative estimate of drug-likeness (QED) is 0.301. The number of nitrogens with one attached hydrogen (secondary N) is 2. The first kappa shape index (κ1) is 23.4. The summed E-state index contributed by atoms with van der Waals surface area (Å²) in [5.41, 5.74) is 1.40. The van der Waals surface area contributed by atoms with E-state index >= 15 is 0 Å². The standard InChI is InChI=1S/C18H22F2N4O3S.HI/c1-3-16-24-12(9-28-16)8-23-18(21-4-2)22-7-11-5-14-15(26-10-25-14)6-13(11)27-17(19)20;/h5-6,9,17H,3-4,7-8,10H2,1-2H3,(H2,21,22,23);1H. The fourth-order valence-corrected chi connectivity index (χ4v) is 3.31. The van der Waals surface area contributed by atoms with Crippen LogP contribution in [0, 0.1) is 0 Å². The maximum Gasteiger partial charge on any atom is 0.387 e. The minimum absolute atomic E-state index is 0. The molecule has 1 aliphatic heterocycles. The number of ether oxygens (including phenoxy) is 3. The van der Waals surface area contributed by atoms with Gasteiger partial charge < -0.3 is 24.8 Å². The van der Waals surface area contributed by atoms with E-state index in [1.807, 2.05) is 12.3 Å². The minimum Gasteiger partial charge on any atom is -0.454 e. The van der Waals surface area contributed by atoms with E-state index in [1.165, 1.54) is 6.07 Å². The Kier molecular flexibility index (Phi) is 9.14. The normalized spacial score (nSPS) is 12.7. The predicted molar refractivity (Wildman–Crippen MR) is 118 cm³/mol. The van der Waals surface area contributed by atoms with Crippen LogP contribution < -0.4 is 24.8 Å². The van der Waals surface area contributed by atoms with Gasteiger partial charge in [-0.15, -0.1) is 35.3 Å². The first-order valence-corrected chi connectivity index (χ1v) is 9.79. The molecule has 160 valence electrons. The van der Waals surface area contributed by atoms with E-state index in [2.05, 4.69) is 32.3 Å². The molecule has 1 aromatic carbocycles. The summed E-state index contributed by atoms with van der Waals surface area (Å²) >= 11 is 1.62. The van der Waals surface area contributed by atoms with Crippen molar-refractivity contribution >= 4 is 41.3 Å². The van der Waals surface area contributed by atoms with Crippen molar-refractivity contribution in [3.63, 3.8) is 0 Å². The molecule has 2 N–H and O–H groups in total. The fourth-order valence-electron chi connectivity index (χ4n) is 2.57. The number of aryl methyl sites for hydroxylation is 1. The molecule has 2 aromatic rings. The van der Waals surface area contributed by atoms with E-state index in [-0.39, 0.29) is 43.1 Å². The summed E-state index contributed by atoms with van der Waals surface area (Å²) in [6, 6.07) is 3.02. The van der Waals surface area contributed by atoms with E-state index in [9.17, 15) is 8.78 Å². The highest BCUT2D eigenvalue weighted by Gasteiger charge is 2.20. The minimum atomic E-state index is -2.94. The molecule has 3 rings (SSSR count). The van der Waals surface area contributed by atoms with Crippen LogP contribution in [0.5, 0.6) is 17.2 Å². The summed E-state index contributed by atoms with van der Waals surface area (Å²) in [5, 5.41) is 9.40. The molecule has 0 radical (unpaired) electrons. The number of alkyl halides is 2. The Morgan fingerprint density at radius 1 is 1.28 bits per heavy atom. The van der Waals surface area contributed by atoms with Gasteiger partial charge in [-0.1, -0.05) is 6.92 Å². The number of nitrogens with zero attached hydrogens (tertiary/aromatic N) is 2. The highest BCUT2D eigenvalue weighted by atomic mass is 127. The molecule has 0 aliphatic carbocycles. The first-order valence-electron chi connectivity index (χ1n) is 8.91. The summed E-state index contributed by atoms with van der Waals surface area (Å²) in [7, 11) is 0. The van der Waals surface area contributed by atoms with Crippen LogP contribution in [0.3, 0.4) is 0 Å². The molecule has 0 fully saturated rings. The molecular weight excluding hydrogens is 517 g/mol. The Hall–Kier alpha value is -1.89. The number of guanidine groups is 1. The van der Waals surface area contributed by atoms with Gasteiger partial charge in [0, 0.05) is 23.6 Å². The van der Waals surface area contributed by atoms with Crippen LogP contribution >= 0.6 is 35.3 Å². The Morgan fingerprint density at radius 3 is 2.69 bits per heavy atom. The van der Waals surface area contributed by atoms with Gasteiger partial charge in [0.2, 0.25) is 6.79 Å². The molecule has 0 atom stereocenters. The molecule has 0 spiro atoms. The summed E-state index contributed by atoms with van der Waals surface area (Å²) < 4.78 is 40.7. The average molecular weight is 540 g/mol. The molecule has 0 unspecified atom stereocenters. The third-order valence-corrected chi connectivity index (χ3v) is 4.90. The molecule has 0 bridgehead atoms. The van der Waals surface area contributed by atoms with Crippen molar-refractivity contribution in [1.82, 2.24) is 15.6 Å². The van der Waals surface area contributed by atoms with Gasteiger partial charge in [0.25, 0.3) is 0 Å². The lowest BCUT2D eigenvalue weighted by atomic mass is 10.1. The van der Waals surface area contributed by atoms with E-state index in [0.717, 1.165) is 17.1 Å². The van der Waals surface area contributed by atoms with E-state index in [0.29, 0.717) is 36.1 Å². The first-order chi connectivity index (χ1) is 13.6. The lowest BCUT2D eigenvalue weighted by Crippen LogP contribution is -2.36. The van der Waals surface area contributed by atoms with Crippen molar-refractivity contribution in [3.05, 3.63) is 33.8 Å². The van der Waals surface area contributed by atoms with Gasteiger partial charge in [0.1, 0.15) is 5.75 Å². The Bertz CT molecular complexity index is 835. The van der Waals surface area contributed by atoms with Crippen molar-refractivity contribution in [3.8, 4) is 17.2 Å². The Labute approximate surface area is 188 Å². The topological polar surface area (TPSA) is 77.0 Å². The highest BCUT2D eigenvalue weighted by molar-refractivity contribution is 14.0. The maximum absolute atomic E-state index is 12.8. The van der Waals surface area contributed by atoms with Crippen molar-refractivity contribution in [1.29, 1.82) is 0 Å². The lowest BCUT2D eigenvalue weighted by molar-refractivity contribution is -0.0505. The second kappa shape index (κ2) is 11.3. The Morgan fingerprint density at radius 2 is 2.03 bits per heavy atom. The summed E-state index contributed by atoms with van der Waals surface area (Å²) in [6.07, 6.45) is 0.899.